The zero-order chi connectivity index (χ0) is 12.5. The van der Waals surface area contributed by atoms with Gasteiger partial charge in [0.15, 0.2) is 0 Å². The highest BCUT2D eigenvalue weighted by molar-refractivity contribution is 5.23. The third-order valence-corrected chi connectivity index (χ3v) is 5.11. The Bertz CT molecular complexity index is 330. The molecule has 1 saturated carbocycles. The van der Waals surface area contributed by atoms with Crippen molar-refractivity contribution in [3.63, 3.8) is 0 Å². The molecule has 98 valence electrons. The fraction of sp³-hybridized carbons (Fsp3) is 1.00. The van der Waals surface area contributed by atoms with Crippen LogP contribution in [-0.4, -0.2) is 35.0 Å². The SMILES string of the molecule is CC1(C)CC2(CC(C)(C)N1)OCC1CC12CO. The van der Waals surface area contributed by atoms with E-state index in [2.05, 4.69) is 33.0 Å². The van der Waals surface area contributed by atoms with E-state index in [0.717, 1.165) is 25.9 Å². The molecule has 0 aromatic carbocycles. The number of rotatable bonds is 1. The fourth-order valence-corrected chi connectivity index (χ4v) is 4.85. The second kappa shape index (κ2) is 3.06. The fourth-order valence-electron chi connectivity index (χ4n) is 4.85. The predicted octanol–water partition coefficient (Wildman–Crippen LogP) is 1.69. The number of ether oxygens (including phenoxy) is 1. The van der Waals surface area contributed by atoms with E-state index >= 15 is 0 Å². The molecule has 3 nitrogen and oxygen atoms in total. The number of aliphatic hydroxyl groups is 1. The Labute approximate surface area is 104 Å². The molecule has 0 aromatic rings. The van der Waals surface area contributed by atoms with Crippen LogP contribution in [0, 0.1) is 11.3 Å². The third-order valence-electron chi connectivity index (χ3n) is 5.11. The van der Waals surface area contributed by atoms with Gasteiger partial charge in [0.1, 0.15) is 0 Å². The van der Waals surface area contributed by atoms with E-state index in [4.69, 9.17) is 4.74 Å². The minimum absolute atomic E-state index is 0.0731. The molecule has 1 aliphatic carbocycles. The molecule has 17 heavy (non-hydrogen) atoms. The summed E-state index contributed by atoms with van der Waals surface area (Å²) in [7, 11) is 0. The maximum Gasteiger partial charge on any atom is 0.0798 e. The van der Waals surface area contributed by atoms with E-state index in [-0.39, 0.29) is 22.1 Å². The normalized spacial score (nSPS) is 44.6. The van der Waals surface area contributed by atoms with Crippen LogP contribution in [0.2, 0.25) is 0 Å². The van der Waals surface area contributed by atoms with Gasteiger partial charge in [0.25, 0.3) is 0 Å². The van der Waals surface area contributed by atoms with Gasteiger partial charge in [-0.3, -0.25) is 0 Å². The van der Waals surface area contributed by atoms with Crippen LogP contribution in [0.15, 0.2) is 0 Å². The van der Waals surface area contributed by atoms with Gasteiger partial charge in [-0.2, -0.15) is 0 Å². The largest absolute Gasteiger partial charge is 0.396 e. The van der Waals surface area contributed by atoms with Gasteiger partial charge in [0.05, 0.1) is 18.8 Å². The van der Waals surface area contributed by atoms with Crippen LogP contribution in [-0.2, 0) is 4.74 Å². The van der Waals surface area contributed by atoms with E-state index in [1.165, 1.54) is 0 Å². The molecule has 1 spiro atoms. The molecule has 2 N–H and O–H groups in total. The molecule has 2 aliphatic heterocycles. The minimum Gasteiger partial charge on any atom is -0.396 e. The number of fused-ring (bicyclic) bond motifs is 2. The molecule has 0 radical (unpaired) electrons. The second-order valence-corrected chi connectivity index (χ2v) is 7.77. The second-order valence-electron chi connectivity index (χ2n) is 7.77. The highest BCUT2D eigenvalue weighted by Crippen LogP contribution is 2.69. The Hall–Kier alpha value is -0.120. The van der Waals surface area contributed by atoms with Gasteiger partial charge < -0.3 is 15.2 Å². The predicted molar refractivity (Wildman–Crippen MR) is 66.8 cm³/mol. The average molecular weight is 239 g/mol. The van der Waals surface area contributed by atoms with Crippen molar-refractivity contribution in [2.24, 2.45) is 11.3 Å². The first-order valence-corrected chi connectivity index (χ1v) is 6.79. The summed E-state index contributed by atoms with van der Waals surface area (Å²) in [6, 6.07) is 0. The van der Waals surface area contributed by atoms with Crippen LogP contribution >= 0.6 is 0 Å². The molecule has 0 bridgehead atoms. The topological polar surface area (TPSA) is 41.5 Å². The van der Waals surface area contributed by atoms with E-state index in [0.29, 0.717) is 12.5 Å². The van der Waals surface area contributed by atoms with Crippen LogP contribution in [0.25, 0.3) is 0 Å². The summed E-state index contributed by atoms with van der Waals surface area (Å²) in [5, 5.41) is 13.5. The summed E-state index contributed by atoms with van der Waals surface area (Å²) in [4.78, 5) is 0. The Morgan fingerprint density at radius 1 is 1.18 bits per heavy atom. The van der Waals surface area contributed by atoms with Crippen LogP contribution in [0.4, 0.5) is 0 Å². The highest BCUT2D eigenvalue weighted by atomic mass is 16.5. The van der Waals surface area contributed by atoms with E-state index < -0.39 is 0 Å². The van der Waals surface area contributed by atoms with Gasteiger partial charge >= 0.3 is 0 Å². The third kappa shape index (κ3) is 1.52. The molecule has 2 saturated heterocycles. The number of piperidine rings is 1. The molecule has 3 rings (SSSR count). The number of aliphatic hydroxyl groups excluding tert-OH is 1. The van der Waals surface area contributed by atoms with Crippen molar-refractivity contribution < 1.29 is 9.84 Å². The first-order valence-electron chi connectivity index (χ1n) is 6.79. The van der Waals surface area contributed by atoms with Gasteiger partial charge in [-0.05, 0) is 52.9 Å². The van der Waals surface area contributed by atoms with Crippen LogP contribution < -0.4 is 5.32 Å². The van der Waals surface area contributed by atoms with Crippen LogP contribution in [0.1, 0.15) is 47.0 Å². The number of nitrogens with one attached hydrogen (secondary N) is 1. The number of hydrogen-bond acceptors (Lipinski definition) is 3. The molecule has 3 fully saturated rings. The van der Waals surface area contributed by atoms with Crippen molar-refractivity contribution in [3.05, 3.63) is 0 Å². The van der Waals surface area contributed by atoms with Gasteiger partial charge in [-0.1, -0.05) is 0 Å². The Balaban J connectivity index is 1.97. The quantitative estimate of drug-likeness (QED) is 0.732. The monoisotopic (exact) mass is 239 g/mol. The molecular formula is C14H25NO2. The Morgan fingerprint density at radius 2 is 1.76 bits per heavy atom. The molecule has 3 aliphatic rings. The molecule has 3 heteroatoms. The first kappa shape index (κ1) is 11.9. The summed E-state index contributed by atoms with van der Waals surface area (Å²) in [6.45, 7) is 10.1. The van der Waals surface area contributed by atoms with Crippen LogP contribution in [0.3, 0.4) is 0 Å². The van der Waals surface area contributed by atoms with Crippen molar-refractivity contribution in [2.45, 2.75) is 63.6 Å². The summed E-state index contributed by atoms with van der Waals surface area (Å²) in [6.07, 6.45) is 3.19. The van der Waals surface area contributed by atoms with Crippen molar-refractivity contribution in [1.29, 1.82) is 0 Å². The molecular weight excluding hydrogens is 214 g/mol. The maximum absolute atomic E-state index is 9.82. The van der Waals surface area contributed by atoms with E-state index in [1.54, 1.807) is 0 Å². The highest BCUT2D eigenvalue weighted by Gasteiger charge is 2.73. The minimum atomic E-state index is -0.0926. The lowest BCUT2D eigenvalue weighted by Crippen LogP contribution is -2.66. The van der Waals surface area contributed by atoms with Gasteiger partial charge in [-0.15, -0.1) is 0 Å². The first-order chi connectivity index (χ1) is 7.74. The molecule has 0 aromatic heterocycles. The Kier molecular flexibility index (Phi) is 2.15. The van der Waals surface area contributed by atoms with Crippen LogP contribution in [0.5, 0.6) is 0 Å². The molecule has 0 amide bonds. The lowest BCUT2D eigenvalue weighted by Gasteiger charge is -2.54. The van der Waals surface area contributed by atoms with Gasteiger partial charge in [0, 0.05) is 16.5 Å². The zero-order valence-electron chi connectivity index (χ0n) is 11.5. The van der Waals surface area contributed by atoms with Gasteiger partial charge in [0.2, 0.25) is 0 Å². The summed E-state index contributed by atoms with van der Waals surface area (Å²) < 4.78 is 6.21. The van der Waals surface area contributed by atoms with E-state index in [1.807, 2.05) is 0 Å². The maximum atomic E-state index is 9.82. The van der Waals surface area contributed by atoms with E-state index in [9.17, 15) is 5.11 Å². The van der Waals surface area contributed by atoms with Gasteiger partial charge in [-0.25, -0.2) is 0 Å². The molecule has 2 heterocycles. The number of hydrogen-bond donors (Lipinski definition) is 2. The average Bonchev–Trinajstić information content (AvgIpc) is 2.79. The lowest BCUT2D eigenvalue weighted by molar-refractivity contribution is -0.128. The zero-order valence-corrected chi connectivity index (χ0v) is 11.5. The molecule has 2 unspecified atom stereocenters. The van der Waals surface area contributed by atoms with Crippen molar-refractivity contribution in [2.75, 3.05) is 13.2 Å². The summed E-state index contributed by atoms with van der Waals surface area (Å²) in [5.41, 5.74) is 0.150. The summed E-state index contributed by atoms with van der Waals surface area (Å²) >= 11 is 0. The summed E-state index contributed by atoms with van der Waals surface area (Å²) in [5.74, 6) is 0.609. The smallest absolute Gasteiger partial charge is 0.0798 e. The Morgan fingerprint density at radius 3 is 2.24 bits per heavy atom. The molecule has 2 atom stereocenters. The lowest BCUT2D eigenvalue weighted by atomic mass is 9.66. The standard InChI is InChI=1S/C14H25NO2/c1-11(2)7-14(8-12(3,4)15-11)13(9-16)5-10(13)6-17-14/h10,15-16H,5-9H2,1-4H3. The van der Waals surface area contributed by atoms with Crippen molar-refractivity contribution in [1.82, 2.24) is 5.32 Å². The van der Waals surface area contributed by atoms with Crippen molar-refractivity contribution in [3.8, 4) is 0 Å². The van der Waals surface area contributed by atoms with Crippen molar-refractivity contribution >= 4 is 0 Å².